The van der Waals surface area contributed by atoms with Crippen molar-refractivity contribution in [1.82, 2.24) is 14.9 Å². The van der Waals surface area contributed by atoms with Crippen molar-refractivity contribution in [1.29, 1.82) is 0 Å². The van der Waals surface area contributed by atoms with E-state index in [1.165, 1.54) is 0 Å². The lowest BCUT2D eigenvalue weighted by atomic mass is 10.3. The van der Waals surface area contributed by atoms with Crippen LogP contribution in [0.25, 0.3) is 10.2 Å². The molecule has 0 aromatic carbocycles. The van der Waals surface area contributed by atoms with Crippen molar-refractivity contribution in [2.24, 2.45) is 0 Å². The first-order valence-corrected chi connectivity index (χ1v) is 7.01. The van der Waals surface area contributed by atoms with Crippen molar-refractivity contribution in [2.45, 2.75) is 33.4 Å². The molecule has 0 spiro atoms. The summed E-state index contributed by atoms with van der Waals surface area (Å²) >= 11 is 7.75. The number of nitrogens with zero attached hydrogens (tertiary/aromatic N) is 3. The van der Waals surface area contributed by atoms with Crippen LogP contribution in [0.2, 0.25) is 5.15 Å². The maximum absolute atomic E-state index is 6.15. The Morgan fingerprint density at radius 1 is 1.41 bits per heavy atom. The highest BCUT2D eigenvalue weighted by molar-refractivity contribution is 7.16. The van der Waals surface area contributed by atoms with E-state index in [-0.39, 0.29) is 0 Å². The fraction of sp³-hybridized carbons (Fsp3) is 0.500. The van der Waals surface area contributed by atoms with Gasteiger partial charge in [0.15, 0.2) is 0 Å². The molecule has 2 aromatic heterocycles. The molecule has 0 aliphatic heterocycles. The molecule has 0 bridgehead atoms. The zero-order valence-corrected chi connectivity index (χ0v) is 11.8. The molecule has 0 atom stereocenters. The van der Waals surface area contributed by atoms with Crippen molar-refractivity contribution >= 4 is 33.2 Å². The third-order valence-corrected chi connectivity index (χ3v) is 3.90. The van der Waals surface area contributed by atoms with Gasteiger partial charge in [-0.1, -0.05) is 18.5 Å². The first kappa shape index (κ1) is 12.7. The van der Waals surface area contributed by atoms with E-state index in [0.29, 0.717) is 11.2 Å². The number of rotatable bonds is 4. The number of aromatic nitrogens is 2. The maximum Gasteiger partial charge on any atom is 0.145 e. The molecule has 0 saturated carbocycles. The minimum absolute atomic E-state index is 0.487. The second-order valence-electron chi connectivity index (χ2n) is 4.23. The number of hydrogen-bond acceptors (Lipinski definition) is 4. The lowest BCUT2D eigenvalue weighted by molar-refractivity contribution is 0.219. The first-order chi connectivity index (χ1) is 8.11. The number of fused-ring (bicyclic) bond motifs is 1. The Morgan fingerprint density at radius 3 is 2.82 bits per heavy atom. The normalized spacial score (nSPS) is 11.9. The van der Waals surface area contributed by atoms with Gasteiger partial charge in [0.05, 0.1) is 6.54 Å². The Kier molecular flexibility index (Phi) is 3.97. The molecule has 2 aromatic rings. The number of hydrogen-bond donors (Lipinski definition) is 0. The molecule has 0 aliphatic carbocycles. The van der Waals surface area contributed by atoms with E-state index in [4.69, 9.17) is 11.6 Å². The molecular formula is C12H16ClN3S. The summed E-state index contributed by atoms with van der Waals surface area (Å²) in [5.41, 5.74) is 0. The van der Waals surface area contributed by atoms with E-state index < -0.39 is 0 Å². The molecule has 2 rings (SSSR count). The first-order valence-electron chi connectivity index (χ1n) is 5.75. The van der Waals surface area contributed by atoms with E-state index in [2.05, 4.69) is 35.6 Å². The standard InChI is InChI=1S/C12H16ClN3S/c1-4-16(8(2)3)7-10-14-11(13)9-5-6-17-12(9)15-10/h5-6,8H,4,7H2,1-3H3. The molecule has 2 heterocycles. The highest BCUT2D eigenvalue weighted by Crippen LogP contribution is 2.25. The quantitative estimate of drug-likeness (QED) is 0.795. The van der Waals surface area contributed by atoms with Crippen LogP contribution in [-0.4, -0.2) is 27.5 Å². The van der Waals surface area contributed by atoms with Crippen molar-refractivity contribution in [3.05, 3.63) is 22.4 Å². The van der Waals surface area contributed by atoms with Gasteiger partial charge in [0, 0.05) is 11.4 Å². The molecule has 0 unspecified atom stereocenters. The molecule has 0 radical (unpaired) electrons. The fourth-order valence-corrected chi connectivity index (χ4v) is 2.86. The third-order valence-electron chi connectivity index (χ3n) is 2.81. The van der Waals surface area contributed by atoms with Gasteiger partial charge in [0.25, 0.3) is 0 Å². The van der Waals surface area contributed by atoms with Gasteiger partial charge in [-0.05, 0) is 31.8 Å². The molecule has 92 valence electrons. The maximum atomic E-state index is 6.15. The molecule has 0 aliphatic rings. The van der Waals surface area contributed by atoms with Crippen LogP contribution in [0.15, 0.2) is 11.4 Å². The Hall–Kier alpha value is -0.710. The van der Waals surface area contributed by atoms with Crippen LogP contribution in [-0.2, 0) is 6.54 Å². The zero-order valence-electron chi connectivity index (χ0n) is 10.3. The van der Waals surface area contributed by atoms with E-state index >= 15 is 0 Å². The highest BCUT2D eigenvalue weighted by atomic mass is 35.5. The van der Waals surface area contributed by atoms with E-state index in [1.807, 2.05) is 11.4 Å². The summed E-state index contributed by atoms with van der Waals surface area (Å²) in [6.45, 7) is 8.23. The summed E-state index contributed by atoms with van der Waals surface area (Å²) in [7, 11) is 0. The van der Waals surface area contributed by atoms with Crippen LogP contribution in [0, 0.1) is 0 Å². The lowest BCUT2D eigenvalue weighted by Gasteiger charge is -2.23. The molecule has 3 nitrogen and oxygen atoms in total. The molecule has 0 saturated heterocycles. The van der Waals surface area contributed by atoms with Crippen LogP contribution >= 0.6 is 22.9 Å². The lowest BCUT2D eigenvalue weighted by Crippen LogP contribution is -2.30. The van der Waals surface area contributed by atoms with Gasteiger partial charge in [-0.25, -0.2) is 9.97 Å². The van der Waals surface area contributed by atoms with Crippen molar-refractivity contribution in [3.63, 3.8) is 0 Å². The topological polar surface area (TPSA) is 29.0 Å². The summed E-state index contributed by atoms with van der Waals surface area (Å²) in [4.78, 5) is 12.2. The predicted octanol–water partition coefficient (Wildman–Crippen LogP) is 3.58. The van der Waals surface area contributed by atoms with E-state index in [9.17, 15) is 0 Å². The van der Waals surface area contributed by atoms with Crippen molar-refractivity contribution in [2.75, 3.05) is 6.54 Å². The van der Waals surface area contributed by atoms with Gasteiger partial charge in [-0.15, -0.1) is 11.3 Å². The SMILES string of the molecule is CCN(Cc1nc(Cl)c2ccsc2n1)C(C)C. The smallest absolute Gasteiger partial charge is 0.145 e. The summed E-state index contributed by atoms with van der Waals surface area (Å²) in [5.74, 6) is 0.806. The minimum atomic E-state index is 0.487. The highest BCUT2D eigenvalue weighted by Gasteiger charge is 2.12. The Morgan fingerprint density at radius 2 is 2.18 bits per heavy atom. The van der Waals surface area contributed by atoms with Crippen LogP contribution < -0.4 is 0 Å². The van der Waals surface area contributed by atoms with Gasteiger partial charge in [-0.3, -0.25) is 4.90 Å². The Labute approximate surface area is 110 Å². The van der Waals surface area contributed by atoms with Crippen LogP contribution in [0.4, 0.5) is 0 Å². The van der Waals surface area contributed by atoms with Gasteiger partial charge in [0.2, 0.25) is 0 Å². The largest absolute Gasteiger partial charge is 0.294 e. The fourth-order valence-electron chi connectivity index (χ4n) is 1.77. The molecular weight excluding hydrogens is 254 g/mol. The third kappa shape index (κ3) is 2.76. The Bertz CT molecular complexity index is 509. The summed E-state index contributed by atoms with van der Waals surface area (Å²) in [6, 6.07) is 2.45. The van der Waals surface area contributed by atoms with Gasteiger partial charge >= 0.3 is 0 Å². The minimum Gasteiger partial charge on any atom is -0.294 e. The molecule has 0 amide bonds. The van der Waals surface area contributed by atoms with E-state index in [1.54, 1.807) is 11.3 Å². The monoisotopic (exact) mass is 269 g/mol. The zero-order chi connectivity index (χ0) is 12.4. The average molecular weight is 270 g/mol. The number of halogens is 1. The second kappa shape index (κ2) is 5.29. The predicted molar refractivity (Wildman–Crippen MR) is 73.6 cm³/mol. The summed E-state index contributed by atoms with van der Waals surface area (Å²) < 4.78 is 0. The molecule has 0 fully saturated rings. The van der Waals surface area contributed by atoms with Gasteiger partial charge < -0.3 is 0 Å². The average Bonchev–Trinajstić information content (AvgIpc) is 2.74. The second-order valence-corrected chi connectivity index (χ2v) is 5.48. The van der Waals surface area contributed by atoms with Crippen LogP contribution in [0.5, 0.6) is 0 Å². The van der Waals surface area contributed by atoms with Gasteiger partial charge in [-0.2, -0.15) is 0 Å². The number of thiophene rings is 1. The van der Waals surface area contributed by atoms with Crippen molar-refractivity contribution in [3.8, 4) is 0 Å². The summed E-state index contributed by atoms with van der Waals surface area (Å²) in [6.07, 6.45) is 0. The van der Waals surface area contributed by atoms with Gasteiger partial charge in [0.1, 0.15) is 15.8 Å². The summed E-state index contributed by atoms with van der Waals surface area (Å²) in [5, 5.41) is 3.51. The van der Waals surface area contributed by atoms with Crippen LogP contribution in [0.1, 0.15) is 26.6 Å². The molecule has 5 heteroatoms. The van der Waals surface area contributed by atoms with Crippen LogP contribution in [0.3, 0.4) is 0 Å². The molecule has 0 N–H and O–H groups in total. The Balaban J connectivity index is 2.29. The molecule has 17 heavy (non-hydrogen) atoms. The van der Waals surface area contributed by atoms with E-state index in [0.717, 1.165) is 29.1 Å². The van der Waals surface area contributed by atoms with Crippen molar-refractivity contribution < 1.29 is 0 Å².